The van der Waals surface area contributed by atoms with Crippen LogP contribution in [-0.2, 0) is 4.74 Å². The largest absolute Gasteiger partial charge is 0.487 e. The lowest BCUT2D eigenvalue weighted by Crippen LogP contribution is -2.03. The molecule has 0 saturated carbocycles. The SMILES string of the molecule is CCCCCCCCCCCCCCOC(=S)CCCCC. The lowest BCUT2D eigenvalue weighted by molar-refractivity contribution is 0.291. The highest BCUT2D eigenvalue weighted by Crippen LogP contribution is 2.12. The summed E-state index contributed by atoms with van der Waals surface area (Å²) in [5.41, 5.74) is 0. The van der Waals surface area contributed by atoms with Crippen LogP contribution < -0.4 is 0 Å². The quantitative estimate of drug-likeness (QED) is 0.201. The van der Waals surface area contributed by atoms with Gasteiger partial charge in [0.25, 0.3) is 0 Å². The summed E-state index contributed by atoms with van der Waals surface area (Å²) in [5.74, 6) is 0. The third-order valence-electron chi connectivity index (χ3n) is 4.25. The van der Waals surface area contributed by atoms with Crippen LogP contribution in [0.5, 0.6) is 0 Å². The normalized spacial score (nSPS) is 10.8. The Morgan fingerprint density at radius 2 is 1.00 bits per heavy atom. The standard InChI is InChI=1S/C20H40OS/c1-3-5-7-8-9-10-11-12-13-14-15-17-19-21-20(22)18-16-6-4-2/h3-19H2,1-2H3. The fourth-order valence-electron chi connectivity index (χ4n) is 2.72. The second-order valence-electron chi connectivity index (χ2n) is 6.57. The summed E-state index contributed by atoms with van der Waals surface area (Å²) in [5, 5.41) is 0.830. The van der Waals surface area contributed by atoms with Crippen molar-refractivity contribution in [2.45, 2.75) is 117 Å². The van der Waals surface area contributed by atoms with E-state index in [2.05, 4.69) is 13.8 Å². The minimum atomic E-state index is 0.830. The van der Waals surface area contributed by atoms with Crippen molar-refractivity contribution >= 4 is 17.3 Å². The molecule has 1 nitrogen and oxygen atoms in total. The van der Waals surface area contributed by atoms with E-state index in [0.717, 1.165) is 18.1 Å². The molecule has 0 aliphatic heterocycles. The number of hydrogen-bond acceptors (Lipinski definition) is 2. The number of thiocarbonyl (C=S) groups is 1. The minimum absolute atomic E-state index is 0.830. The van der Waals surface area contributed by atoms with Crippen LogP contribution in [0.4, 0.5) is 0 Å². The molecule has 132 valence electrons. The van der Waals surface area contributed by atoms with Crippen molar-refractivity contribution in [1.29, 1.82) is 0 Å². The maximum atomic E-state index is 5.61. The monoisotopic (exact) mass is 328 g/mol. The van der Waals surface area contributed by atoms with Crippen LogP contribution in [0.25, 0.3) is 0 Å². The van der Waals surface area contributed by atoms with Gasteiger partial charge in [0, 0.05) is 6.42 Å². The van der Waals surface area contributed by atoms with Crippen molar-refractivity contribution in [3.63, 3.8) is 0 Å². The Morgan fingerprint density at radius 3 is 1.50 bits per heavy atom. The summed E-state index contributed by atoms with van der Waals surface area (Å²) in [4.78, 5) is 0. The Labute approximate surface area is 145 Å². The molecule has 0 aromatic rings. The van der Waals surface area contributed by atoms with Crippen LogP contribution in [-0.4, -0.2) is 11.7 Å². The number of unbranched alkanes of at least 4 members (excludes halogenated alkanes) is 13. The molecule has 0 aliphatic carbocycles. The number of ether oxygens (including phenoxy) is 1. The van der Waals surface area contributed by atoms with Crippen LogP contribution >= 0.6 is 12.2 Å². The van der Waals surface area contributed by atoms with E-state index in [1.165, 1.54) is 96.3 Å². The lowest BCUT2D eigenvalue weighted by Gasteiger charge is -2.07. The smallest absolute Gasteiger partial charge is 0.159 e. The first kappa shape index (κ1) is 21.9. The molecule has 0 aromatic carbocycles. The number of rotatable bonds is 17. The third-order valence-corrected chi connectivity index (χ3v) is 4.57. The molecule has 0 spiro atoms. The molecular weight excluding hydrogens is 288 g/mol. The Morgan fingerprint density at radius 1 is 0.591 bits per heavy atom. The molecule has 0 atom stereocenters. The molecule has 0 N–H and O–H groups in total. The van der Waals surface area contributed by atoms with E-state index in [-0.39, 0.29) is 0 Å². The molecule has 0 rings (SSSR count). The molecule has 0 aliphatic rings. The summed E-state index contributed by atoms with van der Waals surface area (Å²) in [6.07, 6.45) is 21.3. The van der Waals surface area contributed by atoms with E-state index in [1.807, 2.05) is 0 Å². The predicted molar refractivity (Wildman–Crippen MR) is 104 cm³/mol. The van der Waals surface area contributed by atoms with Gasteiger partial charge in [0.1, 0.15) is 0 Å². The van der Waals surface area contributed by atoms with Gasteiger partial charge in [0.2, 0.25) is 0 Å². The highest BCUT2D eigenvalue weighted by Gasteiger charge is 1.98. The second-order valence-corrected chi connectivity index (χ2v) is 7.02. The topological polar surface area (TPSA) is 9.23 Å². The average Bonchev–Trinajstić information content (AvgIpc) is 2.52. The van der Waals surface area contributed by atoms with Crippen molar-refractivity contribution in [3.05, 3.63) is 0 Å². The van der Waals surface area contributed by atoms with Gasteiger partial charge in [0.15, 0.2) is 5.05 Å². The van der Waals surface area contributed by atoms with Gasteiger partial charge in [-0.05, 0) is 25.1 Å². The van der Waals surface area contributed by atoms with E-state index in [4.69, 9.17) is 17.0 Å². The lowest BCUT2D eigenvalue weighted by atomic mass is 10.1. The molecule has 0 saturated heterocycles. The van der Waals surface area contributed by atoms with Crippen molar-refractivity contribution in [1.82, 2.24) is 0 Å². The zero-order valence-corrected chi connectivity index (χ0v) is 16.2. The van der Waals surface area contributed by atoms with Crippen LogP contribution in [0.1, 0.15) is 117 Å². The third kappa shape index (κ3) is 17.9. The average molecular weight is 329 g/mol. The molecule has 0 radical (unpaired) electrons. The van der Waals surface area contributed by atoms with Gasteiger partial charge in [-0.2, -0.15) is 0 Å². The Bertz CT molecular complexity index is 228. The highest BCUT2D eigenvalue weighted by atomic mass is 32.1. The molecule has 2 heteroatoms. The van der Waals surface area contributed by atoms with E-state index in [9.17, 15) is 0 Å². The first-order valence-corrected chi connectivity index (χ1v) is 10.4. The van der Waals surface area contributed by atoms with Gasteiger partial charge in [-0.3, -0.25) is 0 Å². The summed E-state index contributed by atoms with van der Waals surface area (Å²) >= 11 is 5.23. The minimum Gasteiger partial charge on any atom is -0.487 e. The Balaban J connectivity index is 3.06. The molecule has 0 heterocycles. The summed E-state index contributed by atoms with van der Waals surface area (Å²) in [7, 11) is 0. The fourth-order valence-corrected chi connectivity index (χ4v) is 2.95. The molecule has 0 bridgehead atoms. The number of hydrogen-bond donors (Lipinski definition) is 0. The molecule has 0 amide bonds. The van der Waals surface area contributed by atoms with Gasteiger partial charge < -0.3 is 4.74 Å². The van der Waals surface area contributed by atoms with Crippen LogP contribution in [0, 0.1) is 0 Å². The summed E-state index contributed by atoms with van der Waals surface area (Å²) < 4.78 is 5.61. The van der Waals surface area contributed by atoms with E-state index in [0.29, 0.717) is 0 Å². The van der Waals surface area contributed by atoms with Crippen molar-refractivity contribution in [3.8, 4) is 0 Å². The van der Waals surface area contributed by atoms with Crippen LogP contribution in [0.3, 0.4) is 0 Å². The van der Waals surface area contributed by atoms with Crippen molar-refractivity contribution in [2.75, 3.05) is 6.61 Å². The molecule has 0 unspecified atom stereocenters. The predicted octanol–water partition coefficient (Wildman–Crippen LogP) is 7.61. The van der Waals surface area contributed by atoms with Gasteiger partial charge in [0.05, 0.1) is 6.61 Å². The van der Waals surface area contributed by atoms with Gasteiger partial charge in [-0.25, -0.2) is 0 Å². The first-order valence-electron chi connectivity index (χ1n) is 9.96. The van der Waals surface area contributed by atoms with Gasteiger partial charge >= 0.3 is 0 Å². The molecule has 22 heavy (non-hydrogen) atoms. The zero-order chi connectivity index (χ0) is 16.3. The molecule has 0 aromatic heterocycles. The van der Waals surface area contributed by atoms with Gasteiger partial charge in [-0.15, -0.1) is 0 Å². The summed E-state index contributed by atoms with van der Waals surface area (Å²) in [6, 6.07) is 0. The van der Waals surface area contributed by atoms with E-state index in [1.54, 1.807) is 0 Å². The zero-order valence-electron chi connectivity index (χ0n) is 15.3. The van der Waals surface area contributed by atoms with Gasteiger partial charge in [-0.1, -0.05) is 97.3 Å². The maximum absolute atomic E-state index is 5.61. The molecular formula is C20H40OS. The van der Waals surface area contributed by atoms with E-state index >= 15 is 0 Å². The first-order chi connectivity index (χ1) is 10.8. The fraction of sp³-hybridized carbons (Fsp3) is 0.950. The highest BCUT2D eigenvalue weighted by molar-refractivity contribution is 7.80. The maximum Gasteiger partial charge on any atom is 0.159 e. The second kappa shape index (κ2) is 18.9. The Kier molecular flexibility index (Phi) is 18.8. The van der Waals surface area contributed by atoms with Crippen molar-refractivity contribution < 1.29 is 4.74 Å². The van der Waals surface area contributed by atoms with E-state index < -0.39 is 0 Å². The Hall–Kier alpha value is -0.110. The summed E-state index contributed by atoms with van der Waals surface area (Å²) in [6.45, 7) is 5.34. The van der Waals surface area contributed by atoms with Crippen molar-refractivity contribution in [2.24, 2.45) is 0 Å². The molecule has 0 fully saturated rings. The van der Waals surface area contributed by atoms with Crippen LogP contribution in [0.15, 0.2) is 0 Å². The van der Waals surface area contributed by atoms with Crippen LogP contribution in [0.2, 0.25) is 0 Å².